The molecule has 0 saturated carbocycles. The average Bonchev–Trinajstić information content (AvgIpc) is 3.11. The van der Waals surface area contributed by atoms with Gasteiger partial charge in [-0.25, -0.2) is 4.79 Å². The van der Waals surface area contributed by atoms with Crippen molar-refractivity contribution in [2.45, 2.75) is 33.4 Å². The molecule has 0 spiro atoms. The van der Waals surface area contributed by atoms with Gasteiger partial charge in [0.15, 0.2) is 11.5 Å². The van der Waals surface area contributed by atoms with E-state index in [9.17, 15) is 24.5 Å². The Morgan fingerprint density at radius 3 is 2.61 bits per heavy atom. The second kappa shape index (κ2) is 12.0. The summed E-state index contributed by atoms with van der Waals surface area (Å²) < 4.78 is 17.1. The predicted molar refractivity (Wildman–Crippen MR) is 137 cm³/mol. The molecule has 0 aliphatic carbocycles. The summed E-state index contributed by atoms with van der Waals surface area (Å²) in [6.07, 6.45) is 1.53. The fourth-order valence-electron chi connectivity index (χ4n) is 3.32. The number of rotatable bonds is 10. The summed E-state index contributed by atoms with van der Waals surface area (Å²) in [5.74, 6) is -0.495. The summed E-state index contributed by atoms with van der Waals surface area (Å²) in [5.41, 5.74) is 1.12. The summed E-state index contributed by atoms with van der Waals surface area (Å²) in [6.45, 7) is 5.41. The number of nitro groups is 1. The Morgan fingerprint density at radius 2 is 1.94 bits per heavy atom. The SMILES string of the molecule is CCOC(=O)[C@H](C)N1C(=O)S/C(=C/c2cc(Br)c(OCc3cccc([N+](=O)[O-])c3)c(OCC)c2)C1=O. The van der Waals surface area contributed by atoms with Crippen molar-refractivity contribution in [2.24, 2.45) is 0 Å². The van der Waals surface area contributed by atoms with Crippen LogP contribution in [0, 0.1) is 10.1 Å². The number of benzene rings is 2. The van der Waals surface area contributed by atoms with Gasteiger partial charge in [-0.1, -0.05) is 12.1 Å². The smallest absolute Gasteiger partial charge is 0.329 e. The molecule has 1 saturated heterocycles. The van der Waals surface area contributed by atoms with Crippen molar-refractivity contribution >= 4 is 56.6 Å². The molecule has 0 unspecified atom stereocenters. The lowest BCUT2D eigenvalue weighted by Gasteiger charge is -2.19. The lowest BCUT2D eigenvalue weighted by atomic mass is 10.1. The van der Waals surface area contributed by atoms with Crippen LogP contribution in [0.3, 0.4) is 0 Å². The van der Waals surface area contributed by atoms with E-state index in [1.165, 1.54) is 25.1 Å². The number of esters is 1. The molecule has 36 heavy (non-hydrogen) atoms. The fraction of sp³-hybridized carbons (Fsp3) is 0.292. The van der Waals surface area contributed by atoms with Gasteiger partial charge >= 0.3 is 5.97 Å². The molecule has 1 heterocycles. The van der Waals surface area contributed by atoms with Gasteiger partial charge in [-0.05, 0) is 77.8 Å². The van der Waals surface area contributed by atoms with Crippen molar-refractivity contribution in [1.29, 1.82) is 0 Å². The standard InChI is InChI=1S/C24H23BrN2O8S/c1-4-33-19-11-16(12-20-22(28)26(24(30)36-20)14(3)23(29)34-5-2)10-18(25)21(19)35-13-15-7-6-8-17(9-15)27(31)32/h6-12,14H,4-5,13H2,1-3H3/b20-12+/t14-/m0/s1. The number of non-ortho nitro benzene ring substituents is 1. The van der Waals surface area contributed by atoms with E-state index in [0.29, 0.717) is 33.7 Å². The molecular formula is C24H23BrN2O8S. The first-order valence-electron chi connectivity index (χ1n) is 10.9. The number of imide groups is 1. The second-order valence-corrected chi connectivity index (χ2v) is 9.31. The molecule has 2 aromatic carbocycles. The maximum atomic E-state index is 12.9. The van der Waals surface area contributed by atoms with Crippen LogP contribution in [0.5, 0.6) is 11.5 Å². The third-order valence-corrected chi connectivity index (χ3v) is 6.45. The van der Waals surface area contributed by atoms with Gasteiger partial charge in [0.2, 0.25) is 0 Å². The first-order valence-corrected chi connectivity index (χ1v) is 12.5. The molecule has 2 amide bonds. The Bertz CT molecular complexity index is 1230. The Hall–Kier alpha value is -3.38. The largest absolute Gasteiger partial charge is 0.490 e. The van der Waals surface area contributed by atoms with Crippen LogP contribution in [0.15, 0.2) is 45.8 Å². The maximum Gasteiger partial charge on any atom is 0.329 e. The minimum Gasteiger partial charge on any atom is -0.490 e. The number of thioether (sulfide) groups is 1. The van der Waals surface area contributed by atoms with Crippen LogP contribution < -0.4 is 9.47 Å². The Labute approximate surface area is 219 Å². The van der Waals surface area contributed by atoms with Gasteiger partial charge in [-0.15, -0.1) is 0 Å². The molecule has 3 rings (SSSR count). The van der Waals surface area contributed by atoms with Gasteiger partial charge in [-0.2, -0.15) is 0 Å². The van der Waals surface area contributed by atoms with Crippen molar-refractivity contribution in [1.82, 2.24) is 4.90 Å². The number of nitrogens with zero attached hydrogens (tertiary/aromatic N) is 2. The molecule has 0 radical (unpaired) electrons. The topological polar surface area (TPSA) is 125 Å². The molecular weight excluding hydrogens is 556 g/mol. The Balaban J connectivity index is 1.85. The lowest BCUT2D eigenvalue weighted by Crippen LogP contribution is -2.42. The zero-order valence-corrected chi connectivity index (χ0v) is 22.1. The van der Waals surface area contributed by atoms with Crippen LogP contribution in [0.25, 0.3) is 6.08 Å². The highest BCUT2D eigenvalue weighted by Gasteiger charge is 2.41. The first kappa shape index (κ1) is 27.2. The minimum absolute atomic E-state index is 0.0400. The third-order valence-electron chi connectivity index (χ3n) is 4.97. The Morgan fingerprint density at radius 1 is 1.19 bits per heavy atom. The zero-order chi connectivity index (χ0) is 26.4. The van der Waals surface area contributed by atoms with E-state index in [1.54, 1.807) is 38.1 Å². The van der Waals surface area contributed by atoms with Crippen LogP contribution >= 0.6 is 27.7 Å². The molecule has 1 atom stereocenters. The second-order valence-electron chi connectivity index (χ2n) is 7.46. The fourth-order valence-corrected chi connectivity index (χ4v) is 4.81. The molecule has 2 aromatic rings. The molecule has 1 aliphatic heterocycles. The van der Waals surface area contributed by atoms with E-state index in [1.807, 2.05) is 0 Å². The number of hydrogen-bond acceptors (Lipinski definition) is 9. The van der Waals surface area contributed by atoms with Crippen molar-refractivity contribution in [3.63, 3.8) is 0 Å². The van der Waals surface area contributed by atoms with Crippen molar-refractivity contribution in [3.8, 4) is 11.5 Å². The number of ether oxygens (including phenoxy) is 3. The van der Waals surface area contributed by atoms with Crippen molar-refractivity contribution in [3.05, 3.63) is 67.0 Å². The summed E-state index contributed by atoms with van der Waals surface area (Å²) >= 11 is 4.18. The molecule has 0 aromatic heterocycles. The molecule has 12 heteroatoms. The van der Waals surface area contributed by atoms with E-state index in [2.05, 4.69) is 15.9 Å². The Kier molecular flexibility index (Phi) is 9.10. The average molecular weight is 579 g/mol. The first-order chi connectivity index (χ1) is 17.2. The zero-order valence-electron chi connectivity index (χ0n) is 19.7. The van der Waals surface area contributed by atoms with E-state index in [-0.39, 0.29) is 23.8 Å². The highest BCUT2D eigenvalue weighted by Crippen LogP contribution is 2.40. The quantitative estimate of drug-likeness (QED) is 0.159. The van der Waals surface area contributed by atoms with Crippen LogP contribution in [-0.2, 0) is 20.9 Å². The monoisotopic (exact) mass is 578 g/mol. The van der Waals surface area contributed by atoms with Gasteiger partial charge in [0.1, 0.15) is 12.6 Å². The van der Waals surface area contributed by atoms with Gasteiger partial charge in [-0.3, -0.25) is 24.6 Å². The van der Waals surface area contributed by atoms with Gasteiger partial charge in [0.25, 0.3) is 16.8 Å². The molecule has 1 fully saturated rings. The highest BCUT2D eigenvalue weighted by atomic mass is 79.9. The van der Waals surface area contributed by atoms with E-state index < -0.39 is 28.1 Å². The third kappa shape index (κ3) is 6.24. The van der Waals surface area contributed by atoms with Crippen LogP contribution in [0.4, 0.5) is 10.5 Å². The molecule has 10 nitrogen and oxygen atoms in total. The summed E-state index contributed by atoms with van der Waals surface area (Å²) in [4.78, 5) is 48.9. The normalized spacial score (nSPS) is 15.2. The summed E-state index contributed by atoms with van der Waals surface area (Å²) in [6, 6.07) is 8.41. The number of nitro benzene ring substituents is 1. The van der Waals surface area contributed by atoms with Crippen LogP contribution in [-0.4, -0.2) is 46.2 Å². The van der Waals surface area contributed by atoms with Crippen molar-refractivity contribution < 1.29 is 33.5 Å². The lowest BCUT2D eigenvalue weighted by molar-refractivity contribution is -0.384. The molecule has 190 valence electrons. The number of hydrogen-bond donors (Lipinski definition) is 0. The maximum absolute atomic E-state index is 12.9. The summed E-state index contributed by atoms with van der Waals surface area (Å²) in [5, 5.41) is 10.5. The van der Waals surface area contributed by atoms with E-state index in [0.717, 1.165) is 16.7 Å². The summed E-state index contributed by atoms with van der Waals surface area (Å²) in [7, 11) is 0. The minimum atomic E-state index is -1.04. The highest BCUT2D eigenvalue weighted by molar-refractivity contribution is 9.10. The number of halogens is 1. The van der Waals surface area contributed by atoms with Crippen molar-refractivity contribution in [2.75, 3.05) is 13.2 Å². The molecule has 1 aliphatic rings. The van der Waals surface area contributed by atoms with E-state index >= 15 is 0 Å². The number of carbonyl (C=O) groups excluding carboxylic acids is 3. The van der Waals surface area contributed by atoms with Crippen LogP contribution in [0.1, 0.15) is 31.9 Å². The van der Waals surface area contributed by atoms with Crippen LogP contribution in [0.2, 0.25) is 0 Å². The molecule has 0 bridgehead atoms. The van der Waals surface area contributed by atoms with E-state index in [4.69, 9.17) is 14.2 Å². The van der Waals surface area contributed by atoms with Gasteiger partial charge in [0.05, 0.1) is 27.5 Å². The number of amides is 2. The molecule has 0 N–H and O–H groups in total. The van der Waals surface area contributed by atoms with Gasteiger partial charge in [0, 0.05) is 12.1 Å². The number of carbonyl (C=O) groups is 3. The predicted octanol–water partition coefficient (Wildman–Crippen LogP) is 5.32. The van der Waals surface area contributed by atoms with Gasteiger partial charge < -0.3 is 14.2 Å².